The molecule has 0 unspecified atom stereocenters. The van der Waals surface area contributed by atoms with Crippen LogP contribution in [-0.4, -0.2) is 15.5 Å². The summed E-state index contributed by atoms with van der Waals surface area (Å²) in [5.41, 5.74) is 8.30. The van der Waals surface area contributed by atoms with Crippen LogP contribution in [0.5, 0.6) is 0 Å². The molecule has 3 aromatic rings. The van der Waals surface area contributed by atoms with Crippen LogP contribution in [0.15, 0.2) is 53.3 Å². The van der Waals surface area contributed by atoms with Crippen molar-refractivity contribution in [3.8, 4) is 0 Å². The highest BCUT2D eigenvalue weighted by Gasteiger charge is 2.12. The van der Waals surface area contributed by atoms with E-state index in [9.17, 15) is 4.79 Å². The molecule has 2 heterocycles. The van der Waals surface area contributed by atoms with Crippen LogP contribution in [-0.2, 0) is 0 Å². The van der Waals surface area contributed by atoms with Crippen molar-refractivity contribution in [1.29, 1.82) is 0 Å². The minimum atomic E-state index is -0.206. The Bertz CT molecular complexity index is 797. The largest absolute Gasteiger partial charge is 0.398 e. The van der Waals surface area contributed by atoms with Gasteiger partial charge in [-0.2, -0.15) is 5.10 Å². The molecule has 0 aliphatic heterocycles. The van der Waals surface area contributed by atoms with Gasteiger partial charge in [-0.25, -0.2) is 4.52 Å². The summed E-state index contributed by atoms with van der Waals surface area (Å²) in [5, 5.41) is 6.97. The van der Waals surface area contributed by atoms with Crippen molar-refractivity contribution in [1.82, 2.24) is 9.61 Å². The summed E-state index contributed by atoms with van der Waals surface area (Å²) in [6.45, 7) is 0. The van der Waals surface area contributed by atoms with Crippen LogP contribution in [0.3, 0.4) is 0 Å². The maximum atomic E-state index is 12.3. The van der Waals surface area contributed by atoms with Crippen LogP contribution in [0, 0.1) is 0 Å². The van der Waals surface area contributed by atoms with Gasteiger partial charge in [-0.15, -0.1) is 0 Å². The van der Waals surface area contributed by atoms with E-state index in [2.05, 4.69) is 26.3 Å². The van der Waals surface area contributed by atoms with Gasteiger partial charge in [-0.05, 0) is 46.3 Å². The first-order valence-electron chi connectivity index (χ1n) is 5.94. The Balaban J connectivity index is 1.91. The molecule has 0 radical (unpaired) electrons. The van der Waals surface area contributed by atoms with Gasteiger partial charge in [0.2, 0.25) is 0 Å². The van der Waals surface area contributed by atoms with E-state index in [0.29, 0.717) is 16.9 Å². The number of benzene rings is 1. The fourth-order valence-corrected chi connectivity index (χ4v) is 2.29. The zero-order valence-corrected chi connectivity index (χ0v) is 12.0. The lowest BCUT2D eigenvalue weighted by Gasteiger charge is -2.06. The number of aromatic nitrogens is 2. The summed E-state index contributed by atoms with van der Waals surface area (Å²) in [6, 6.07) is 10.8. The van der Waals surface area contributed by atoms with Crippen LogP contribution in [0.1, 0.15) is 10.4 Å². The second-order valence-corrected chi connectivity index (χ2v) is 5.13. The molecular weight excluding hydrogens is 320 g/mol. The normalized spacial score (nSPS) is 10.7. The van der Waals surface area contributed by atoms with E-state index < -0.39 is 0 Å². The quantitative estimate of drug-likeness (QED) is 0.709. The molecule has 20 heavy (non-hydrogen) atoms. The number of carbonyl (C=O) groups is 1. The van der Waals surface area contributed by atoms with E-state index in [1.54, 1.807) is 35.1 Å². The van der Waals surface area contributed by atoms with Gasteiger partial charge in [0.05, 0.1) is 17.3 Å². The topological polar surface area (TPSA) is 72.4 Å². The van der Waals surface area contributed by atoms with Crippen molar-refractivity contribution in [2.24, 2.45) is 0 Å². The van der Waals surface area contributed by atoms with Gasteiger partial charge in [0.15, 0.2) is 0 Å². The average molecular weight is 331 g/mol. The zero-order valence-electron chi connectivity index (χ0n) is 10.4. The molecule has 5 nitrogen and oxygen atoms in total. The van der Waals surface area contributed by atoms with Crippen molar-refractivity contribution in [3.05, 3.63) is 58.8 Å². The first-order valence-corrected chi connectivity index (χ1v) is 6.73. The lowest BCUT2D eigenvalue weighted by atomic mass is 10.2. The Labute approximate surface area is 123 Å². The first-order chi connectivity index (χ1) is 9.65. The van der Waals surface area contributed by atoms with Crippen molar-refractivity contribution in [2.75, 3.05) is 11.1 Å². The molecule has 0 saturated carbocycles. The maximum absolute atomic E-state index is 12.3. The minimum absolute atomic E-state index is 0.206. The van der Waals surface area contributed by atoms with Crippen molar-refractivity contribution in [3.63, 3.8) is 0 Å². The highest BCUT2D eigenvalue weighted by atomic mass is 79.9. The SMILES string of the molecule is Nc1ccc(NC(=O)c2cnn3ccccc23)cc1Br. The highest BCUT2D eigenvalue weighted by Crippen LogP contribution is 2.23. The second kappa shape index (κ2) is 4.97. The summed E-state index contributed by atoms with van der Waals surface area (Å²) < 4.78 is 2.41. The van der Waals surface area contributed by atoms with Crippen LogP contribution >= 0.6 is 15.9 Å². The van der Waals surface area contributed by atoms with E-state index in [4.69, 9.17) is 5.73 Å². The first kappa shape index (κ1) is 12.7. The molecule has 0 aliphatic carbocycles. The zero-order chi connectivity index (χ0) is 14.1. The van der Waals surface area contributed by atoms with E-state index >= 15 is 0 Å². The Morgan fingerprint density at radius 2 is 2.15 bits per heavy atom. The smallest absolute Gasteiger partial charge is 0.259 e. The van der Waals surface area contributed by atoms with Gasteiger partial charge in [-0.1, -0.05) is 6.07 Å². The third-order valence-corrected chi connectivity index (χ3v) is 3.62. The molecule has 100 valence electrons. The predicted molar refractivity (Wildman–Crippen MR) is 81.7 cm³/mol. The summed E-state index contributed by atoms with van der Waals surface area (Å²) in [5.74, 6) is -0.206. The number of anilines is 2. The third-order valence-electron chi connectivity index (χ3n) is 2.93. The maximum Gasteiger partial charge on any atom is 0.259 e. The lowest BCUT2D eigenvalue weighted by molar-refractivity contribution is 0.102. The number of halogens is 1. The summed E-state index contributed by atoms with van der Waals surface area (Å²) in [6.07, 6.45) is 3.35. The van der Waals surface area contributed by atoms with Crippen LogP contribution in [0.2, 0.25) is 0 Å². The molecular formula is C14H11BrN4O. The number of pyridine rings is 1. The van der Waals surface area contributed by atoms with Crippen molar-refractivity contribution >= 4 is 38.7 Å². The number of nitrogens with one attached hydrogen (secondary N) is 1. The third kappa shape index (κ3) is 2.25. The molecule has 6 heteroatoms. The average Bonchev–Trinajstić information content (AvgIpc) is 2.87. The number of carbonyl (C=O) groups excluding carboxylic acids is 1. The number of nitrogens with zero attached hydrogens (tertiary/aromatic N) is 2. The molecule has 0 saturated heterocycles. The monoisotopic (exact) mass is 330 g/mol. The minimum Gasteiger partial charge on any atom is -0.398 e. The fraction of sp³-hybridized carbons (Fsp3) is 0. The van der Waals surface area contributed by atoms with Crippen LogP contribution in [0.4, 0.5) is 11.4 Å². The van der Waals surface area contributed by atoms with Gasteiger partial charge in [0, 0.05) is 22.0 Å². The molecule has 1 aromatic carbocycles. The lowest BCUT2D eigenvalue weighted by Crippen LogP contribution is -2.11. The molecule has 2 aromatic heterocycles. The molecule has 3 rings (SSSR count). The Hall–Kier alpha value is -2.34. The summed E-state index contributed by atoms with van der Waals surface area (Å²) in [4.78, 5) is 12.3. The highest BCUT2D eigenvalue weighted by molar-refractivity contribution is 9.10. The number of hydrogen-bond acceptors (Lipinski definition) is 3. The van der Waals surface area contributed by atoms with E-state index in [1.807, 2.05) is 18.2 Å². The molecule has 1 amide bonds. The number of rotatable bonds is 2. The molecule has 3 N–H and O–H groups in total. The molecule has 0 aliphatic rings. The number of hydrogen-bond donors (Lipinski definition) is 2. The number of fused-ring (bicyclic) bond motifs is 1. The van der Waals surface area contributed by atoms with E-state index in [-0.39, 0.29) is 5.91 Å². The molecule has 0 spiro atoms. The number of nitrogen functional groups attached to an aromatic ring is 1. The molecule has 0 bridgehead atoms. The van der Waals surface area contributed by atoms with Gasteiger partial charge >= 0.3 is 0 Å². The van der Waals surface area contributed by atoms with Gasteiger partial charge in [0.25, 0.3) is 5.91 Å². The van der Waals surface area contributed by atoms with Gasteiger partial charge in [0.1, 0.15) is 0 Å². The Morgan fingerprint density at radius 1 is 1.30 bits per heavy atom. The Morgan fingerprint density at radius 3 is 2.95 bits per heavy atom. The number of amides is 1. The molecule has 0 atom stereocenters. The van der Waals surface area contributed by atoms with Gasteiger partial charge in [-0.3, -0.25) is 4.79 Å². The van der Waals surface area contributed by atoms with Crippen LogP contribution < -0.4 is 11.1 Å². The van der Waals surface area contributed by atoms with Crippen molar-refractivity contribution in [2.45, 2.75) is 0 Å². The number of nitrogens with two attached hydrogens (primary N) is 1. The van der Waals surface area contributed by atoms with E-state index in [1.165, 1.54) is 0 Å². The van der Waals surface area contributed by atoms with E-state index in [0.717, 1.165) is 9.99 Å². The predicted octanol–water partition coefficient (Wildman–Crippen LogP) is 2.93. The molecule has 0 fully saturated rings. The van der Waals surface area contributed by atoms with Crippen molar-refractivity contribution < 1.29 is 4.79 Å². The van der Waals surface area contributed by atoms with Crippen LogP contribution in [0.25, 0.3) is 5.52 Å². The standard InChI is InChI=1S/C14H11BrN4O/c15-11-7-9(4-5-12(11)16)18-14(20)10-8-17-19-6-2-1-3-13(10)19/h1-8H,16H2,(H,18,20). The second-order valence-electron chi connectivity index (χ2n) is 4.28. The Kier molecular flexibility index (Phi) is 3.15. The van der Waals surface area contributed by atoms with Gasteiger partial charge < -0.3 is 11.1 Å². The summed E-state index contributed by atoms with van der Waals surface area (Å²) in [7, 11) is 0. The fourth-order valence-electron chi connectivity index (χ4n) is 1.91. The summed E-state index contributed by atoms with van der Waals surface area (Å²) >= 11 is 3.33.